The molecule has 2 aliphatic heterocycles. The van der Waals surface area contributed by atoms with Crippen molar-refractivity contribution in [2.24, 2.45) is 0 Å². The van der Waals surface area contributed by atoms with Gasteiger partial charge in [-0.2, -0.15) is 0 Å². The molecule has 6 nitrogen and oxygen atoms in total. The fourth-order valence-corrected chi connectivity index (χ4v) is 6.38. The van der Waals surface area contributed by atoms with E-state index in [1.165, 1.54) is 16.8 Å². The Kier molecular flexibility index (Phi) is 5.37. The van der Waals surface area contributed by atoms with E-state index in [1.54, 1.807) is 36.4 Å². The smallest absolute Gasteiger partial charge is 0.242 e. The maximum absolute atomic E-state index is 13.3. The van der Waals surface area contributed by atoms with Gasteiger partial charge in [-0.05, 0) is 55.3 Å². The molecule has 0 aromatic heterocycles. The summed E-state index contributed by atoms with van der Waals surface area (Å²) in [4.78, 5) is 19.9. The van der Waals surface area contributed by atoms with Gasteiger partial charge < -0.3 is 14.7 Å². The van der Waals surface area contributed by atoms with E-state index in [2.05, 4.69) is 36.9 Å². The van der Waals surface area contributed by atoms with Crippen molar-refractivity contribution in [3.63, 3.8) is 0 Å². The van der Waals surface area contributed by atoms with E-state index < -0.39 is 9.84 Å². The number of aryl methyl sites for hydroxylation is 2. The normalized spacial score (nSPS) is 16.8. The molecule has 33 heavy (non-hydrogen) atoms. The van der Waals surface area contributed by atoms with E-state index in [0.717, 1.165) is 13.1 Å². The lowest BCUT2D eigenvalue weighted by atomic mass is 10.1. The Morgan fingerprint density at radius 3 is 1.97 bits per heavy atom. The average molecular weight is 462 g/mol. The molecule has 0 aliphatic carbocycles. The Balaban J connectivity index is 1.37. The van der Waals surface area contributed by atoms with E-state index in [1.807, 2.05) is 21.9 Å². The first kappa shape index (κ1) is 21.5. The Bertz CT molecular complexity index is 1270. The molecule has 1 saturated heterocycles. The summed E-state index contributed by atoms with van der Waals surface area (Å²) in [5, 5.41) is 0. The van der Waals surface area contributed by atoms with E-state index in [-0.39, 0.29) is 22.2 Å². The number of fused-ring (bicyclic) bond motifs is 2. The first-order valence-corrected chi connectivity index (χ1v) is 12.7. The first-order valence-electron chi connectivity index (χ1n) is 11.2. The van der Waals surface area contributed by atoms with Crippen molar-refractivity contribution in [3.05, 3.63) is 77.9 Å². The van der Waals surface area contributed by atoms with E-state index in [4.69, 9.17) is 0 Å². The molecule has 0 N–H and O–H groups in total. The van der Waals surface area contributed by atoms with Gasteiger partial charge in [-0.15, -0.1) is 0 Å². The van der Waals surface area contributed by atoms with Crippen LogP contribution in [0.5, 0.6) is 0 Å². The number of nitrogens with zero attached hydrogens (tertiary/aromatic N) is 3. The number of hydrogen-bond donors (Lipinski definition) is 0. The zero-order valence-electron chi connectivity index (χ0n) is 18.9. The lowest BCUT2D eigenvalue weighted by Crippen LogP contribution is -2.51. The van der Waals surface area contributed by atoms with Crippen LogP contribution in [0.4, 0.5) is 17.1 Å². The SMILES string of the molecule is Cc1ccc(C)c(N2CCN(C(=O)CN3c4ccccc4S(=O)(=O)c4ccccc43)CC2)c1. The molecule has 0 radical (unpaired) electrons. The molecule has 1 fully saturated rings. The largest absolute Gasteiger partial charge is 0.368 e. The minimum Gasteiger partial charge on any atom is -0.368 e. The molecule has 3 aromatic carbocycles. The summed E-state index contributed by atoms with van der Waals surface area (Å²) in [5.41, 5.74) is 4.80. The predicted molar refractivity (Wildman–Crippen MR) is 130 cm³/mol. The zero-order valence-corrected chi connectivity index (χ0v) is 19.7. The highest BCUT2D eigenvalue weighted by molar-refractivity contribution is 7.92. The van der Waals surface area contributed by atoms with Gasteiger partial charge in [0.15, 0.2) is 0 Å². The Morgan fingerprint density at radius 1 is 0.788 bits per heavy atom. The molecule has 2 heterocycles. The van der Waals surface area contributed by atoms with Gasteiger partial charge in [0, 0.05) is 31.9 Å². The number of para-hydroxylation sites is 2. The maximum Gasteiger partial charge on any atom is 0.242 e. The third-order valence-electron chi connectivity index (χ3n) is 6.52. The summed E-state index contributed by atoms with van der Waals surface area (Å²) in [6.45, 7) is 7.15. The van der Waals surface area contributed by atoms with Crippen LogP contribution in [0.2, 0.25) is 0 Å². The third kappa shape index (κ3) is 3.76. The Morgan fingerprint density at radius 2 is 1.36 bits per heavy atom. The van der Waals surface area contributed by atoms with Gasteiger partial charge in [-0.3, -0.25) is 4.79 Å². The third-order valence-corrected chi connectivity index (χ3v) is 8.37. The second kappa shape index (κ2) is 8.23. The minimum absolute atomic E-state index is 0.000446. The van der Waals surface area contributed by atoms with Crippen molar-refractivity contribution in [1.82, 2.24) is 4.90 Å². The zero-order chi connectivity index (χ0) is 23.2. The molecule has 3 aromatic rings. The van der Waals surface area contributed by atoms with Crippen LogP contribution in [-0.4, -0.2) is 51.9 Å². The molecule has 0 spiro atoms. The van der Waals surface area contributed by atoms with Gasteiger partial charge in [0.05, 0.1) is 21.2 Å². The summed E-state index contributed by atoms with van der Waals surface area (Å²) >= 11 is 0. The van der Waals surface area contributed by atoms with Crippen molar-refractivity contribution >= 4 is 32.8 Å². The van der Waals surface area contributed by atoms with Crippen LogP contribution in [-0.2, 0) is 14.6 Å². The molecule has 5 rings (SSSR count). The van der Waals surface area contributed by atoms with E-state index >= 15 is 0 Å². The first-order chi connectivity index (χ1) is 15.9. The summed E-state index contributed by atoms with van der Waals surface area (Å²) in [5.74, 6) is -0.000446. The second-order valence-corrected chi connectivity index (χ2v) is 10.6. The highest BCUT2D eigenvalue weighted by Crippen LogP contribution is 2.43. The number of carbonyl (C=O) groups is 1. The summed E-state index contributed by atoms with van der Waals surface area (Å²) in [6, 6.07) is 20.3. The van der Waals surface area contributed by atoms with Crippen LogP contribution in [0, 0.1) is 13.8 Å². The maximum atomic E-state index is 13.3. The van der Waals surface area contributed by atoms with Gasteiger partial charge in [0.25, 0.3) is 0 Å². The lowest BCUT2D eigenvalue weighted by Gasteiger charge is -2.39. The highest BCUT2D eigenvalue weighted by Gasteiger charge is 2.35. The Labute approximate surface area is 195 Å². The molecule has 0 bridgehead atoms. The van der Waals surface area contributed by atoms with Crippen molar-refractivity contribution in [2.45, 2.75) is 23.6 Å². The number of anilines is 3. The second-order valence-electron chi connectivity index (χ2n) is 8.68. The minimum atomic E-state index is -3.61. The molecule has 2 aliphatic rings. The lowest BCUT2D eigenvalue weighted by molar-refractivity contribution is -0.129. The van der Waals surface area contributed by atoms with Crippen LogP contribution in [0.15, 0.2) is 76.5 Å². The Hall–Kier alpha value is -3.32. The van der Waals surface area contributed by atoms with Crippen LogP contribution in [0.1, 0.15) is 11.1 Å². The predicted octanol–water partition coefficient (Wildman–Crippen LogP) is 3.94. The van der Waals surface area contributed by atoms with Crippen molar-refractivity contribution in [2.75, 3.05) is 42.5 Å². The van der Waals surface area contributed by atoms with Crippen LogP contribution < -0.4 is 9.80 Å². The summed E-state index contributed by atoms with van der Waals surface area (Å²) < 4.78 is 26.2. The average Bonchev–Trinajstić information content (AvgIpc) is 2.83. The van der Waals surface area contributed by atoms with Crippen LogP contribution in [0.3, 0.4) is 0 Å². The molecule has 0 saturated carbocycles. The van der Waals surface area contributed by atoms with Crippen molar-refractivity contribution in [1.29, 1.82) is 0 Å². The number of sulfone groups is 1. The number of hydrogen-bond acceptors (Lipinski definition) is 5. The van der Waals surface area contributed by atoms with Gasteiger partial charge in [0.1, 0.15) is 6.54 Å². The summed E-state index contributed by atoms with van der Waals surface area (Å²) in [7, 11) is -3.61. The number of rotatable bonds is 3. The molecule has 0 unspecified atom stereocenters. The molecule has 0 atom stereocenters. The van der Waals surface area contributed by atoms with Gasteiger partial charge in [-0.25, -0.2) is 8.42 Å². The monoisotopic (exact) mass is 461 g/mol. The number of amides is 1. The standard InChI is InChI=1S/C26H27N3O3S/c1-19-11-12-20(2)23(17-19)27-13-15-28(16-14-27)26(30)18-29-21-7-3-5-9-24(21)33(31,32)25-10-6-4-8-22(25)29/h3-12,17H,13-16,18H2,1-2H3. The van der Waals surface area contributed by atoms with Crippen LogP contribution in [0.25, 0.3) is 0 Å². The molecular weight excluding hydrogens is 434 g/mol. The van der Waals surface area contributed by atoms with Crippen molar-refractivity contribution < 1.29 is 13.2 Å². The number of piperazine rings is 1. The summed E-state index contributed by atoms with van der Waals surface area (Å²) in [6.07, 6.45) is 0. The number of benzene rings is 3. The topological polar surface area (TPSA) is 60.9 Å². The van der Waals surface area contributed by atoms with Gasteiger partial charge in [0.2, 0.25) is 15.7 Å². The van der Waals surface area contributed by atoms with E-state index in [9.17, 15) is 13.2 Å². The molecule has 1 amide bonds. The fraction of sp³-hybridized carbons (Fsp3) is 0.269. The van der Waals surface area contributed by atoms with Gasteiger partial charge >= 0.3 is 0 Å². The fourth-order valence-electron chi connectivity index (χ4n) is 4.73. The molecule has 7 heteroatoms. The number of carbonyl (C=O) groups excluding carboxylic acids is 1. The van der Waals surface area contributed by atoms with E-state index in [0.29, 0.717) is 24.5 Å². The molecular formula is C26H27N3O3S. The van der Waals surface area contributed by atoms with Crippen LogP contribution >= 0.6 is 0 Å². The van der Waals surface area contributed by atoms with Gasteiger partial charge in [-0.1, -0.05) is 36.4 Å². The molecule has 170 valence electrons. The highest BCUT2D eigenvalue weighted by atomic mass is 32.2. The quantitative estimate of drug-likeness (QED) is 0.591. The van der Waals surface area contributed by atoms with Crippen molar-refractivity contribution in [3.8, 4) is 0 Å².